The molecule has 2 heterocycles. The second-order valence-corrected chi connectivity index (χ2v) is 9.00. The summed E-state index contributed by atoms with van der Waals surface area (Å²) in [5, 5.41) is 9.61. The third-order valence-corrected chi connectivity index (χ3v) is 6.43. The van der Waals surface area contributed by atoms with Gasteiger partial charge in [-0.3, -0.25) is 9.55 Å². The Balaban J connectivity index is 1.61. The van der Waals surface area contributed by atoms with Crippen molar-refractivity contribution >= 4 is 34.8 Å². The number of hydrogen-bond acceptors (Lipinski definition) is 6. The van der Waals surface area contributed by atoms with E-state index in [9.17, 15) is 14.4 Å². The number of aryl methyl sites for hydroxylation is 2. The first-order valence-electron chi connectivity index (χ1n) is 10.8. The molecule has 0 aliphatic carbocycles. The van der Waals surface area contributed by atoms with Gasteiger partial charge in [0.2, 0.25) is 5.62 Å². The number of aromatic amines is 1. The fourth-order valence-electron chi connectivity index (χ4n) is 3.50. The van der Waals surface area contributed by atoms with E-state index in [1.165, 1.54) is 4.57 Å². The van der Waals surface area contributed by atoms with Gasteiger partial charge < -0.3 is 5.11 Å². The van der Waals surface area contributed by atoms with Gasteiger partial charge in [0, 0.05) is 11.6 Å². The number of carbonyl (C=O) groups is 1. The molecule has 35 heavy (non-hydrogen) atoms. The fraction of sp³-hybridized carbons (Fsp3) is 0.208. The third-order valence-electron chi connectivity index (χ3n) is 5.36. The molecular formula is C24H22ClN5O4S. The first kappa shape index (κ1) is 24.4. The number of rotatable bonds is 8. The Morgan fingerprint density at radius 1 is 1.06 bits per heavy atom. The Morgan fingerprint density at radius 2 is 1.74 bits per heavy atom. The quantitative estimate of drug-likeness (QED) is 0.376. The second kappa shape index (κ2) is 10.7. The van der Waals surface area contributed by atoms with Crippen molar-refractivity contribution in [2.75, 3.05) is 0 Å². The summed E-state index contributed by atoms with van der Waals surface area (Å²) in [5.41, 5.74) is 2.35. The molecule has 0 bridgehead atoms. The van der Waals surface area contributed by atoms with Crippen molar-refractivity contribution in [3.05, 3.63) is 108 Å². The minimum absolute atomic E-state index is 0.149. The Bertz CT molecular complexity index is 1530. The number of nitrogens with zero attached hydrogens (tertiary/aromatic N) is 4. The average molecular weight is 512 g/mol. The van der Waals surface area contributed by atoms with Gasteiger partial charge in [-0.2, -0.15) is 4.37 Å². The highest BCUT2D eigenvalue weighted by molar-refractivity contribution is 7.08. The van der Waals surface area contributed by atoms with Gasteiger partial charge in [-0.25, -0.2) is 23.9 Å². The lowest BCUT2D eigenvalue weighted by Gasteiger charge is -2.10. The molecule has 180 valence electrons. The average Bonchev–Trinajstić information content (AvgIpc) is 3.32. The monoisotopic (exact) mass is 511 g/mol. The van der Waals surface area contributed by atoms with E-state index in [1.807, 2.05) is 24.3 Å². The predicted molar refractivity (Wildman–Crippen MR) is 134 cm³/mol. The zero-order valence-corrected chi connectivity index (χ0v) is 20.3. The lowest BCUT2D eigenvalue weighted by atomic mass is 10.1. The van der Waals surface area contributed by atoms with Crippen LogP contribution in [0.15, 0.2) is 69.2 Å². The maximum atomic E-state index is 13.0. The molecule has 0 spiro atoms. The van der Waals surface area contributed by atoms with Gasteiger partial charge in [0.15, 0.2) is 0 Å². The first-order valence-corrected chi connectivity index (χ1v) is 12.0. The highest BCUT2D eigenvalue weighted by Crippen LogP contribution is 2.16. The minimum Gasteiger partial charge on any atom is -0.477 e. The number of nitrogens with one attached hydrogen (secondary N) is 1. The molecule has 0 fully saturated rings. The molecule has 4 aromatic rings. The van der Waals surface area contributed by atoms with Crippen LogP contribution < -0.4 is 17.0 Å². The van der Waals surface area contributed by atoms with Crippen LogP contribution in [0.3, 0.4) is 0 Å². The summed E-state index contributed by atoms with van der Waals surface area (Å²) in [4.78, 5) is 43.9. The molecular weight excluding hydrogens is 490 g/mol. The smallest absolute Gasteiger partial charge is 0.347 e. The number of carboxylic acid groups (broad SMARTS) is 1. The van der Waals surface area contributed by atoms with E-state index in [-0.39, 0.29) is 23.6 Å². The molecule has 2 N–H and O–H groups in total. The van der Waals surface area contributed by atoms with Crippen molar-refractivity contribution in [3.63, 3.8) is 0 Å². The molecule has 9 nitrogen and oxygen atoms in total. The molecule has 2 aromatic heterocycles. The molecule has 0 unspecified atom stereocenters. The van der Waals surface area contributed by atoms with E-state index >= 15 is 0 Å². The van der Waals surface area contributed by atoms with Gasteiger partial charge in [0.1, 0.15) is 4.88 Å². The van der Waals surface area contributed by atoms with Crippen molar-refractivity contribution in [3.8, 4) is 0 Å². The standard InChI is InChI=1S/C24H22ClN5O4S/c1-2-29-23(33)27-22(30(24(29)34)14-16-3-8-17(25)9-4-16)26-18-10-5-15(6-11-18)7-12-19-13-20(21(31)32)35-28-19/h3-6,8-11,13H,2,7,12,14H2,1H3,(H,31,32)(H,26,27,33). The molecule has 2 aromatic carbocycles. The second-order valence-electron chi connectivity index (χ2n) is 7.76. The zero-order valence-electron chi connectivity index (χ0n) is 18.8. The number of aromatic carboxylic acids is 1. The number of benzene rings is 2. The Hall–Kier alpha value is -3.76. The van der Waals surface area contributed by atoms with Crippen LogP contribution in [0.2, 0.25) is 5.02 Å². The largest absolute Gasteiger partial charge is 0.477 e. The SMILES string of the molecule is CCn1c(=O)[nH]/c(=N\c2ccc(CCc3cc(C(=O)O)sn3)cc2)n(Cc2ccc(Cl)cc2)c1=O. The molecule has 0 atom stereocenters. The van der Waals surface area contributed by atoms with Crippen molar-refractivity contribution in [1.29, 1.82) is 0 Å². The molecule has 0 saturated heterocycles. The van der Waals surface area contributed by atoms with Crippen LogP contribution in [-0.2, 0) is 25.9 Å². The van der Waals surface area contributed by atoms with E-state index in [1.54, 1.807) is 37.3 Å². The summed E-state index contributed by atoms with van der Waals surface area (Å²) in [5.74, 6) is -0.974. The van der Waals surface area contributed by atoms with Gasteiger partial charge in [0.05, 0.1) is 17.9 Å². The molecule has 0 amide bonds. The molecule has 0 saturated carbocycles. The topological polar surface area (TPSA) is 122 Å². The van der Waals surface area contributed by atoms with Crippen LogP contribution in [0.1, 0.15) is 33.4 Å². The molecule has 11 heteroatoms. The molecule has 4 rings (SSSR count). The van der Waals surface area contributed by atoms with Crippen molar-refractivity contribution in [2.24, 2.45) is 4.99 Å². The summed E-state index contributed by atoms with van der Waals surface area (Å²) in [6, 6.07) is 16.1. The summed E-state index contributed by atoms with van der Waals surface area (Å²) in [6.07, 6.45) is 1.30. The van der Waals surface area contributed by atoms with Gasteiger partial charge in [-0.1, -0.05) is 35.9 Å². The third kappa shape index (κ3) is 5.84. The molecule has 0 radical (unpaired) electrons. The van der Waals surface area contributed by atoms with Gasteiger partial charge in [0.25, 0.3) is 0 Å². The van der Waals surface area contributed by atoms with Crippen LogP contribution in [0.5, 0.6) is 0 Å². The number of halogens is 1. The Morgan fingerprint density at radius 3 is 2.37 bits per heavy atom. The lowest BCUT2D eigenvalue weighted by molar-refractivity contribution is 0.0702. The summed E-state index contributed by atoms with van der Waals surface area (Å²) in [6.45, 7) is 2.18. The van der Waals surface area contributed by atoms with E-state index in [2.05, 4.69) is 14.3 Å². The van der Waals surface area contributed by atoms with Gasteiger partial charge in [-0.05, 0) is 72.8 Å². The molecule has 0 aliphatic heterocycles. The highest BCUT2D eigenvalue weighted by Gasteiger charge is 2.10. The van der Waals surface area contributed by atoms with Crippen LogP contribution in [-0.4, -0.2) is 29.6 Å². The number of H-pyrrole nitrogens is 1. The highest BCUT2D eigenvalue weighted by atomic mass is 35.5. The molecule has 0 aliphatic rings. The van der Waals surface area contributed by atoms with Crippen molar-refractivity contribution in [2.45, 2.75) is 32.9 Å². The first-order chi connectivity index (χ1) is 16.8. The van der Waals surface area contributed by atoms with Crippen molar-refractivity contribution in [1.82, 2.24) is 18.5 Å². The maximum Gasteiger partial charge on any atom is 0.347 e. The maximum absolute atomic E-state index is 13.0. The number of aromatic nitrogens is 4. The van der Waals surface area contributed by atoms with Crippen LogP contribution >= 0.6 is 23.1 Å². The zero-order chi connectivity index (χ0) is 24.9. The van der Waals surface area contributed by atoms with E-state index in [0.29, 0.717) is 23.6 Å². The van der Waals surface area contributed by atoms with Gasteiger partial charge in [-0.15, -0.1) is 0 Å². The van der Waals surface area contributed by atoms with E-state index in [4.69, 9.17) is 16.7 Å². The van der Waals surface area contributed by atoms with E-state index in [0.717, 1.165) is 32.9 Å². The lowest BCUT2D eigenvalue weighted by Crippen LogP contribution is -2.49. The fourth-order valence-corrected chi connectivity index (χ4v) is 4.25. The van der Waals surface area contributed by atoms with E-state index < -0.39 is 17.3 Å². The van der Waals surface area contributed by atoms with Crippen molar-refractivity contribution < 1.29 is 9.90 Å². The normalized spacial score (nSPS) is 11.7. The predicted octanol–water partition coefficient (Wildman–Crippen LogP) is 3.23. The Labute approximate surface area is 208 Å². The summed E-state index contributed by atoms with van der Waals surface area (Å²) in [7, 11) is 0. The Kier molecular flexibility index (Phi) is 7.42. The number of carboxylic acids is 1. The number of hydrogen-bond donors (Lipinski definition) is 2. The van der Waals surface area contributed by atoms with Crippen LogP contribution in [0.25, 0.3) is 0 Å². The minimum atomic E-state index is -0.974. The summed E-state index contributed by atoms with van der Waals surface area (Å²) >= 11 is 6.95. The van der Waals surface area contributed by atoms with Gasteiger partial charge >= 0.3 is 17.3 Å². The van der Waals surface area contributed by atoms with Crippen LogP contribution in [0.4, 0.5) is 5.69 Å². The van der Waals surface area contributed by atoms with Crippen LogP contribution in [0, 0.1) is 0 Å². The summed E-state index contributed by atoms with van der Waals surface area (Å²) < 4.78 is 6.71.